The molecule has 0 radical (unpaired) electrons. The lowest BCUT2D eigenvalue weighted by molar-refractivity contribution is 0.0907. The van der Waals surface area contributed by atoms with Crippen molar-refractivity contribution in [1.29, 1.82) is 0 Å². The summed E-state index contributed by atoms with van der Waals surface area (Å²) in [7, 11) is 0. The Labute approximate surface area is 129 Å². The molecule has 4 heteroatoms. The van der Waals surface area contributed by atoms with Crippen LogP contribution in [0.2, 0.25) is 0 Å². The summed E-state index contributed by atoms with van der Waals surface area (Å²) in [6, 6.07) is 8.18. The van der Waals surface area contributed by atoms with E-state index < -0.39 is 0 Å². The molecule has 3 nitrogen and oxygen atoms in total. The molecular weight excluding hydrogens is 280 g/mol. The minimum Gasteiger partial charge on any atom is -0.397 e. The normalized spacial score (nSPS) is 21.3. The molecule has 1 unspecified atom stereocenters. The number of thiophene rings is 1. The van der Waals surface area contributed by atoms with Crippen molar-refractivity contribution in [3.63, 3.8) is 0 Å². The van der Waals surface area contributed by atoms with Crippen molar-refractivity contribution < 1.29 is 4.79 Å². The molecule has 1 aromatic carbocycles. The molecule has 1 fully saturated rings. The van der Waals surface area contributed by atoms with Crippen LogP contribution >= 0.6 is 11.3 Å². The third-order valence-corrected chi connectivity index (χ3v) is 5.57. The first-order chi connectivity index (χ1) is 9.96. The van der Waals surface area contributed by atoms with Crippen LogP contribution in [-0.4, -0.2) is 11.9 Å². The van der Waals surface area contributed by atoms with Crippen molar-refractivity contribution in [2.45, 2.75) is 45.6 Å². The summed E-state index contributed by atoms with van der Waals surface area (Å²) < 4.78 is 1.07. The van der Waals surface area contributed by atoms with Crippen LogP contribution in [0.25, 0.3) is 10.1 Å². The number of nitrogens with two attached hydrogens (primary N) is 1. The standard InChI is InChI=1S/C17H22N2OS/c1-17(2)9-5-6-11(10-17)19-16(20)15-14(18)12-7-3-4-8-13(12)21-15/h3-4,7-8,11H,5-6,9-10,18H2,1-2H3,(H,19,20). The number of rotatable bonds is 2. The molecule has 3 N–H and O–H groups in total. The van der Waals surface area contributed by atoms with Gasteiger partial charge >= 0.3 is 0 Å². The summed E-state index contributed by atoms with van der Waals surface area (Å²) in [6.45, 7) is 4.55. The van der Waals surface area contributed by atoms with Crippen LogP contribution in [0.3, 0.4) is 0 Å². The van der Waals surface area contributed by atoms with Gasteiger partial charge in [-0.3, -0.25) is 4.79 Å². The molecular formula is C17H22N2OS. The van der Waals surface area contributed by atoms with Gasteiger partial charge in [0.1, 0.15) is 4.88 Å². The predicted molar refractivity (Wildman–Crippen MR) is 89.7 cm³/mol. The highest BCUT2D eigenvalue weighted by Gasteiger charge is 2.29. The fourth-order valence-electron chi connectivity index (χ4n) is 3.31. The lowest BCUT2D eigenvalue weighted by Crippen LogP contribution is -2.40. The molecule has 1 aliphatic carbocycles. The number of nitrogens with one attached hydrogen (secondary N) is 1. The molecule has 1 aromatic heterocycles. The molecule has 1 atom stereocenters. The molecule has 0 spiro atoms. The van der Waals surface area contributed by atoms with Gasteiger partial charge in [0.2, 0.25) is 0 Å². The molecule has 1 aliphatic rings. The van der Waals surface area contributed by atoms with E-state index in [0.29, 0.717) is 16.0 Å². The number of amides is 1. The number of anilines is 1. The maximum Gasteiger partial charge on any atom is 0.263 e. The average Bonchev–Trinajstić information content (AvgIpc) is 2.76. The monoisotopic (exact) mass is 302 g/mol. The first kappa shape index (κ1) is 14.4. The van der Waals surface area contributed by atoms with E-state index in [1.807, 2.05) is 24.3 Å². The number of fused-ring (bicyclic) bond motifs is 1. The van der Waals surface area contributed by atoms with Gasteiger partial charge in [-0.25, -0.2) is 0 Å². The Morgan fingerprint density at radius 2 is 2.14 bits per heavy atom. The third-order valence-electron chi connectivity index (χ3n) is 4.38. The third kappa shape index (κ3) is 2.91. The topological polar surface area (TPSA) is 55.1 Å². The van der Waals surface area contributed by atoms with E-state index in [1.165, 1.54) is 24.2 Å². The van der Waals surface area contributed by atoms with Gasteiger partial charge in [0.15, 0.2) is 0 Å². The summed E-state index contributed by atoms with van der Waals surface area (Å²) in [6.07, 6.45) is 4.54. The van der Waals surface area contributed by atoms with Crippen molar-refractivity contribution >= 4 is 33.0 Å². The van der Waals surface area contributed by atoms with Gasteiger partial charge in [-0.15, -0.1) is 11.3 Å². The van der Waals surface area contributed by atoms with Crippen LogP contribution in [0.5, 0.6) is 0 Å². The smallest absolute Gasteiger partial charge is 0.263 e. The Morgan fingerprint density at radius 3 is 2.86 bits per heavy atom. The largest absolute Gasteiger partial charge is 0.397 e. The van der Waals surface area contributed by atoms with Crippen LogP contribution < -0.4 is 11.1 Å². The first-order valence-electron chi connectivity index (χ1n) is 7.54. The van der Waals surface area contributed by atoms with Crippen molar-refractivity contribution in [3.8, 4) is 0 Å². The SMILES string of the molecule is CC1(C)CCCC(NC(=O)c2sc3ccccc3c2N)C1. The lowest BCUT2D eigenvalue weighted by atomic mass is 9.75. The van der Waals surface area contributed by atoms with Crippen LogP contribution in [0.4, 0.5) is 5.69 Å². The van der Waals surface area contributed by atoms with E-state index in [0.717, 1.165) is 22.9 Å². The highest BCUT2D eigenvalue weighted by Crippen LogP contribution is 2.36. The quantitative estimate of drug-likeness (QED) is 0.874. The zero-order chi connectivity index (χ0) is 15.0. The summed E-state index contributed by atoms with van der Waals surface area (Å²) in [5, 5.41) is 4.17. The maximum absolute atomic E-state index is 12.5. The highest BCUT2D eigenvalue weighted by atomic mass is 32.1. The van der Waals surface area contributed by atoms with Gasteiger partial charge in [0.25, 0.3) is 5.91 Å². The van der Waals surface area contributed by atoms with E-state index in [2.05, 4.69) is 19.2 Å². The van der Waals surface area contributed by atoms with E-state index >= 15 is 0 Å². The molecule has 3 rings (SSSR count). The average molecular weight is 302 g/mol. The second kappa shape index (κ2) is 5.34. The first-order valence-corrected chi connectivity index (χ1v) is 8.36. The second-order valence-corrected chi connectivity index (χ2v) is 7.82. The number of carbonyl (C=O) groups is 1. The van der Waals surface area contributed by atoms with Crippen molar-refractivity contribution in [2.75, 3.05) is 5.73 Å². The number of carbonyl (C=O) groups excluding carboxylic acids is 1. The maximum atomic E-state index is 12.5. The van der Waals surface area contributed by atoms with Gasteiger partial charge in [-0.1, -0.05) is 38.5 Å². The fourth-order valence-corrected chi connectivity index (χ4v) is 4.33. The van der Waals surface area contributed by atoms with Crippen molar-refractivity contribution in [1.82, 2.24) is 5.32 Å². The Bertz CT molecular complexity index is 674. The van der Waals surface area contributed by atoms with E-state index in [9.17, 15) is 4.79 Å². The molecule has 0 aliphatic heterocycles. The summed E-state index contributed by atoms with van der Waals surface area (Å²) in [4.78, 5) is 13.2. The molecule has 0 saturated heterocycles. The zero-order valence-electron chi connectivity index (χ0n) is 12.6. The number of nitrogen functional groups attached to an aromatic ring is 1. The van der Waals surface area contributed by atoms with Crippen molar-refractivity contribution in [3.05, 3.63) is 29.1 Å². The summed E-state index contributed by atoms with van der Waals surface area (Å²) in [5.74, 6) is -0.0172. The second-order valence-electron chi connectivity index (χ2n) is 6.77. The predicted octanol–water partition coefficient (Wildman–Crippen LogP) is 4.18. The summed E-state index contributed by atoms with van der Waals surface area (Å²) in [5.41, 5.74) is 7.08. The highest BCUT2D eigenvalue weighted by molar-refractivity contribution is 7.21. The molecule has 0 bridgehead atoms. The minimum atomic E-state index is -0.0172. The Kier molecular flexibility index (Phi) is 3.66. The van der Waals surface area contributed by atoms with E-state index in [1.54, 1.807) is 0 Å². The Hall–Kier alpha value is -1.55. The molecule has 1 heterocycles. The number of hydrogen-bond acceptors (Lipinski definition) is 3. The van der Waals surface area contributed by atoms with Crippen LogP contribution in [0, 0.1) is 5.41 Å². The van der Waals surface area contributed by atoms with Crippen LogP contribution in [0.15, 0.2) is 24.3 Å². The van der Waals surface area contributed by atoms with E-state index in [4.69, 9.17) is 5.73 Å². The van der Waals surface area contributed by atoms with Gasteiger partial charge in [-0.2, -0.15) is 0 Å². The molecule has 21 heavy (non-hydrogen) atoms. The molecule has 1 amide bonds. The Morgan fingerprint density at radius 1 is 1.38 bits per heavy atom. The fraction of sp³-hybridized carbons (Fsp3) is 0.471. The number of benzene rings is 1. The van der Waals surface area contributed by atoms with Gasteiger partial charge in [-0.05, 0) is 30.7 Å². The molecule has 2 aromatic rings. The molecule has 1 saturated carbocycles. The zero-order valence-corrected chi connectivity index (χ0v) is 13.4. The van der Waals surface area contributed by atoms with Gasteiger partial charge < -0.3 is 11.1 Å². The van der Waals surface area contributed by atoms with Gasteiger partial charge in [0, 0.05) is 16.1 Å². The van der Waals surface area contributed by atoms with Crippen LogP contribution in [-0.2, 0) is 0 Å². The minimum absolute atomic E-state index is 0.0172. The lowest BCUT2D eigenvalue weighted by Gasteiger charge is -2.35. The van der Waals surface area contributed by atoms with Gasteiger partial charge in [0.05, 0.1) is 5.69 Å². The summed E-state index contributed by atoms with van der Waals surface area (Å²) >= 11 is 1.48. The number of hydrogen-bond donors (Lipinski definition) is 2. The molecule has 112 valence electrons. The van der Waals surface area contributed by atoms with E-state index in [-0.39, 0.29) is 11.9 Å². The van der Waals surface area contributed by atoms with Crippen LogP contribution in [0.1, 0.15) is 49.2 Å². The Balaban J connectivity index is 1.79. The van der Waals surface area contributed by atoms with Crippen molar-refractivity contribution in [2.24, 2.45) is 5.41 Å².